The smallest absolute Gasteiger partial charge is 0.453 e. The highest BCUT2D eigenvalue weighted by atomic mass is 35.5. The van der Waals surface area contributed by atoms with Crippen LogP contribution >= 0.6 is 46.4 Å². The largest absolute Gasteiger partial charge is 0.573 e. The van der Waals surface area contributed by atoms with Crippen LogP contribution in [0.25, 0.3) is 102 Å². The lowest BCUT2D eigenvalue weighted by atomic mass is 10.1. The maximum atomic E-state index is 13.2. The number of benzene rings is 6. The van der Waals surface area contributed by atoms with Gasteiger partial charge in [-0.2, -0.15) is 13.2 Å². The van der Waals surface area contributed by atoms with Gasteiger partial charge in [0.05, 0.1) is 33.6 Å². The summed E-state index contributed by atoms with van der Waals surface area (Å²) in [5.74, 6) is 1.90. The Morgan fingerprint density at radius 2 is 0.798 bits per heavy atom. The molecule has 0 saturated carbocycles. The topological polar surface area (TPSA) is 144 Å². The monoisotopic (exact) mass is 1230 g/mol. The Kier molecular flexibility index (Phi) is 16.9. The van der Waals surface area contributed by atoms with Crippen molar-refractivity contribution in [3.05, 3.63) is 220 Å². The lowest BCUT2D eigenvalue weighted by molar-refractivity contribution is -0.275. The maximum absolute atomic E-state index is 13.2. The molecule has 12 aromatic rings. The fourth-order valence-corrected chi connectivity index (χ4v) is 9.34. The van der Waals surface area contributed by atoms with Gasteiger partial charge in [-0.25, -0.2) is 15.0 Å². The van der Waals surface area contributed by atoms with Crippen molar-refractivity contribution in [2.24, 2.45) is 0 Å². The van der Waals surface area contributed by atoms with Crippen LogP contribution in [0.15, 0.2) is 208 Å². The summed E-state index contributed by atoms with van der Waals surface area (Å²) in [5, 5.41) is 1.62. The second-order valence-corrected chi connectivity index (χ2v) is 19.2. The van der Waals surface area contributed by atoms with E-state index in [4.69, 9.17) is 59.7 Å². The van der Waals surface area contributed by atoms with E-state index >= 15 is 0 Å². The van der Waals surface area contributed by atoms with E-state index in [0.717, 1.165) is 17.2 Å². The second-order valence-electron chi connectivity index (χ2n) is 17.6. The highest BCUT2D eigenvalue weighted by Crippen LogP contribution is 2.42. The molecule has 3 N–H and O–H groups in total. The van der Waals surface area contributed by atoms with Crippen LogP contribution in [-0.2, 0) is 6.18 Å². The van der Waals surface area contributed by atoms with Gasteiger partial charge in [-0.05, 0) is 84.9 Å². The van der Waals surface area contributed by atoms with Gasteiger partial charge in [0.2, 0.25) is 0 Å². The molecule has 0 amide bonds. The van der Waals surface area contributed by atoms with Crippen LogP contribution in [-0.4, -0.2) is 42.6 Å². The third-order valence-electron chi connectivity index (χ3n) is 12.0. The number of aromatic nitrogens is 6. The van der Waals surface area contributed by atoms with E-state index in [1.165, 1.54) is 60.7 Å². The minimum Gasteiger partial charge on any atom is -0.453 e. The van der Waals surface area contributed by atoms with Crippen LogP contribution in [0.4, 0.5) is 39.5 Å². The molecular weight excluding hydrogens is 1200 g/mol. The number of ether oxygens (including phenoxy) is 2. The van der Waals surface area contributed by atoms with Crippen LogP contribution in [0, 0.1) is 0 Å². The van der Waals surface area contributed by atoms with Crippen molar-refractivity contribution < 1.29 is 62.2 Å². The highest BCUT2D eigenvalue weighted by Gasteiger charge is 2.35. The summed E-state index contributed by atoms with van der Waals surface area (Å²) in [5.41, 5.74) is 3.63. The maximum Gasteiger partial charge on any atom is 0.573 e. The molecule has 6 heterocycles. The molecule has 12 rings (SSSR count). The number of hydrogen-bond donors (Lipinski definition) is 3. The molecule has 0 aliphatic rings. The molecule has 24 heteroatoms. The van der Waals surface area contributed by atoms with Crippen molar-refractivity contribution in [1.29, 1.82) is 0 Å². The molecule has 426 valence electrons. The summed E-state index contributed by atoms with van der Waals surface area (Å²) in [6, 6.07) is 49.8. The summed E-state index contributed by atoms with van der Waals surface area (Å²) in [7, 11) is 0. The molecule has 0 aliphatic heterocycles. The number of imidazole rings is 3. The minimum absolute atomic E-state index is 0.0304. The molecule has 11 nitrogen and oxygen atoms in total. The van der Waals surface area contributed by atoms with E-state index < -0.39 is 24.5 Å². The van der Waals surface area contributed by atoms with Gasteiger partial charge in [0.25, 0.3) is 0 Å². The van der Waals surface area contributed by atoms with Crippen LogP contribution in [0.5, 0.6) is 11.5 Å². The van der Waals surface area contributed by atoms with Gasteiger partial charge < -0.3 is 37.7 Å². The Bertz CT molecular complexity index is 4210. The number of aromatic amines is 3. The molecule has 0 atom stereocenters. The molecule has 0 fully saturated rings. The van der Waals surface area contributed by atoms with E-state index in [0.29, 0.717) is 77.8 Å². The van der Waals surface area contributed by atoms with Crippen LogP contribution in [0.3, 0.4) is 0 Å². The number of halogens is 13. The second kappa shape index (κ2) is 24.4. The van der Waals surface area contributed by atoms with E-state index in [2.05, 4.69) is 39.4 Å². The summed E-state index contributed by atoms with van der Waals surface area (Å²) in [6.07, 6.45) is -12.5. The van der Waals surface area contributed by atoms with E-state index in [-0.39, 0.29) is 45.5 Å². The number of alkyl halides is 9. The van der Waals surface area contributed by atoms with Crippen LogP contribution in [0.2, 0.25) is 20.4 Å². The first-order valence-electron chi connectivity index (χ1n) is 24.4. The fraction of sp³-hybridized carbons (Fsp3) is 0.0500. The van der Waals surface area contributed by atoms with E-state index in [1.807, 2.05) is 60.7 Å². The average molecular weight is 1230 g/mol. The Morgan fingerprint density at radius 3 is 1.25 bits per heavy atom. The molecule has 6 aromatic heterocycles. The number of nitrogens with zero attached hydrogens (tertiary/aromatic N) is 3. The van der Waals surface area contributed by atoms with Crippen LogP contribution < -0.4 is 9.47 Å². The molecule has 0 unspecified atom stereocenters. The first kappa shape index (κ1) is 58.1. The Morgan fingerprint density at radius 1 is 0.393 bits per heavy atom. The third kappa shape index (κ3) is 13.9. The summed E-state index contributed by atoms with van der Waals surface area (Å²) < 4.78 is 141. The molecule has 84 heavy (non-hydrogen) atoms. The van der Waals surface area contributed by atoms with Crippen molar-refractivity contribution in [2.45, 2.75) is 18.9 Å². The van der Waals surface area contributed by atoms with Crippen molar-refractivity contribution >= 4 is 46.4 Å². The van der Waals surface area contributed by atoms with Gasteiger partial charge in [0.1, 0.15) is 50.5 Å². The molecule has 6 aromatic carbocycles. The minimum atomic E-state index is -4.81. The number of para-hydroxylation sites is 2. The lowest BCUT2D eigenvalue weighted by Gasteiger charge is -2.11. The predicted molar refractivity (Wildman–Crippen MR) is 300 cm³/mol. The van der Waals surface area contributed by atoms with Crippen molar-refractivity contribution in [1.82, 2.24) is 29.9 Å². The van der Waals surface area contributed by atoms with Gasteiger partial charge in [-0.1, -0.05) is 150 Å². The number of H-pyrrole nitrogens is 3. The molecule has 0 aliphatic carbocycles. The third-order valence-corrected chi connectivity index (χ3v) is 13.1. The fourth-order valence-electron chi connectivity index (χ4n) is 8.35. The normalized spacial score (nSPS) is 11.6. The zero-order valence-corrected chi connectivity index (χ0v) is 45.3. The number of furan rings is 3. The first-order chi connectivity index (χ1) is 40.1. The lowest BCUT2D eigenvalue weighted by Crippen LogP contribution is -2.17. The van der Waals surface area contributed by atoms with Gasteiger partial charge in [-0.3, -0.25) is 0 Å². The molecule has 0 spiro atoms. The zero-order chi connectivity index (χ0) is 59.3. The molecule has 0 radical (unpaired) electrons. The SMILES string of the molecule is FC(F)(F)Oc1ccccc1-c1ccc(-c2nc(-c3ccccc3)c(Cl)[nH]2)o1.FC(F)(F)Oc1ccccc1-c1ccc(-c2ncc(-c3ccc(Cl)cc3Cl)[nH]2)o1.FC(F)(F)c1ccccc1-c1ccc(-c2nc(-c3ccccc3)c(Cl)[nH]2)o1. The van der Waals surface area contributed by atoms with Gasteiger partial charge in [0.15, 0.2) is 34.8 Å². The predicted octanol–water partition coefficient (Wildman–Crippen LogP) is 20.4. The zero-order valence-electron chi connectivity index (χ0n) is 42.3. The van der Waals surface area contributed by atoms with Crippen molar-refractivity contribution in [3.8, 4) is 114 Å². The van der Waals surface area contributed by atoms with E-state index in [1.54, 1.807) is 66.9 Å². The highest BCUT2D eigenvalue weighted by molar-refractivity contribution is 6.36. The quantitative estimate of drug-likeness (QED) is 0.109. The van der Waals surface area contributed by atoms with Crippen LogP contribution in [0.1, 0.15) is 5.56 Å². The van der Waals surface area contributed by atoms with Gasteiger partial charge in [-0.15, -0.1) is 26.3 Å². The molecular formula is C60H35Cl4F9N6O5. The van der Waals surface area contributed by atoms with Gasteiger partial charge >= 0.3 is 18.9 Å². The molecule has 0 bridgehead atoms. The van der Waals surface area contributed by atoms with Crippen molar-refractivity contribution in [3.63, 3.8) is 0 Å². The van der Waals surface area contributed by atoms with Gasteiger partial charge in [0, 0.05) is 27.3 Å². The number of hydrogen-bond acceptors (Lipinski definition) is 8. The molecule has 0 saturated heterocycles. The summed E-state index contributed by atoms with van der Waals surface area (Å²) in [4.78, 5) is 22.0. The van der Waals surface area contributed by atoms with Crippen molar-refractivity contribution in [2.75, 3.05) is 0 Å². The average Bonchev–Trinajstić information content (AvgIpc) is 3.33. The number of nitrogens with one attached hydrogen (secondary N) is 3. The Labute approximate surface area is 489 Å². The first-order valence-corrected chi connectivity index (χ1v) is 25.9. The number of rotatable bonds is 11. The Balaban J connectivity index is 0.000000140. The van der Waals surface area contributed by atoms with E-state index in [9.17, 15) is 39.5 Å². The summed E-state index contributed by atoms with van der Waals surface area (Å²) >= 11 is 24.6. The Hall–Kier alpha value is -9.08. The standard InChI is InChI=1S/C20H11Cl2F3N2O2.C20H12ClF3N2O2.C20H12ClF3N2O/c21-11-5-6-12(14(22)9-11)15-10-26-19(27-15)18-8-7-16(28-18)13-3-1-2-4-17(13)29-20(23,24)25;21-18-17(12-6-2-1-3-7-12)25-19(26-18)16-11-10-14(27-16)13-8-4-5-9-15(13)28-20(22,23)24;21-18-17(12-6-2-1-3-7-12)25-19(26-18)16-11-10-15(27-16)13-8-4-5-9-14(13)20(22,23)24/h1-10H,(H,26,27);1-11H,(H,25,26);1-11H,(H,25,26). The summed E-state index contributed by atoms with van der Waals surface area (Å²) in [6.45, 7) is 0.